The maximum absolute atomic E-state index is 12.1. The normalized spacial score (nSPS) is 10.3. The average Bonchev–Trinajstić information content (AvgIpc) is 2.35. The van der Waals surface area contributed by atoms with Crippen LogP contribution in [0.5, 0.6) is 0 Å². The van der Waals surface area contributed by atoms with Crippen molar-refractivity contribution in [3.8, 4) is 0 Å². The van der Waals surface area contributed by atoms with E-state index in [-0.39, 0.29) is 5.56 Å². The minimum atomic E-state index is -0.405. The molecule has 0 saturated carbocycles. The topological polar surface area (TPSA) is 80.9 Å². The number of hydrogen-bond donors (Lipinski definition) is 2. The van der Waals surface area contributed by atoms with Crippen molar-refractivity contribution in [2.45, 2.75) is 0 Å². The van der Waals surface area contributed by atoms with E-state index in [9.17, 15) is 4.79 Å². The van der Waals surface area contributed by atoms with E-state index in [4.69, 9.17) is 17.3 Å². The molecular formula is C11H7Br2ClN4O. The zero-order chi connectivity index (χ0) is 14.0. The van der Waals surface area contributed by atoms with Crippen LogP contribution in [0.25, 0.3) is 0 Å². The van der Waals surface area contributed by atoms with Crippen LogP contribution < -0.4 is 11.1 Å². The van der Waals surface area contributed by atoms with Crippen molar-refractivity contribution in [3.05, 3.63) is 44.2 Å². The van der Waals surface area contributed by atoms with Gasteiger partial charge in [-0.1, -0.05) is 11.6 Å². The Morgan fingerprint density at radius 1 is 1.37 bits per heavy atom. The van der Waals surface area contributed by atoms with Gasteiger partial charge in [-0.3, -0.25) is 4.79 Å². The third kappa shape index (κ3) is 3.43. The van der Waals surface area contributed by atoms with E-state index in [1.165, 1.54) is 12.3 Å². The second kappa shape index (κ2) is 5.85. The number of carbonyl (C=O) groups is 1. The van der Waals surface area contributed by atoms with Gasteiger partial charge in [0.2, 0.25) is 0 Å². The van der Waals surface area contributed by atoms with Crippen LogP contribution in [-0.4, -0.2) is 15.9 Å². The Morgan fingerprint density at radius 2 is 2.11 bits per heavy atom. The number of nitrogens with two attached hydrogens (primary N) is 1. The molecule has 1 amide bonds. The van der Waals surface area contributed by atoms with Gasteiger partial charge in [-0.2, -0.15) is 0 Å². The Hall–Kier alpha value is -1.18. The third-order valence-electron chi connectivity index (χ3n) is 2.19. The molecule has 0 aliphatic heterocycles. The average molecular weight is 406 g/mol. The van der Waals surface area contributed by atoms with E-state index in [1.807, 2.05) is 0 Å². The van der Waals surface area contributed by atoms with Crippen LogP contribution in [0.15, 0.2) is 33.6 Å². The standard InChI is InChI=1S/C11H7Br2ClN4O/c12-8-4-16-10(9(13)17-8)18-11(19)6-3-5(14)1-2-7(6)15/h1-4H,15H2,(H,16,18,19). The van der Waals surface area contributed by atoms with Crippen molar-refractivity contribution in [3.63, 3.8) is 0 Å². The van der Waals surface area contributed by atoms with Gasteiger partial charge >= 0.3 is 0 Å². The number of nitrogens with zero attached hydrogens (tertiary/aromatic N) is 2. The fourth-order valence-electron chi connectivity index (χ4n) is 1.33. The largest absolute Gasteiger partial charge is 0.398 e. The SMILES string of the molecule is Nc1ccc(Cl)cc1C(=O)Nc1ncc(Br)nc1Br. The molecule has 8 heteroatoms. The van der Waals surface area contributed by atoms with E-state index >= 15 is 0 Å². The number of halogens is 3. The predicted molar refractivity (Wildman–Crippen MR) is 81.2 cm³/mol. The number of hydrogen-bond acceptors (Lipinski definition) is 4. The highest BCUT2D eigenvalue weighted by atomic mass is 79.9. The van der Waals surface area contributed by atoms with Crippen LogP contribution in [0.4, 0.5) is 11.5 Å². The lowest BCUT2D eigenvalue weighted by atomic mass is 10.1. The van der Waals surface area contributed by atoms with Gasteiger partial charge < -0.3 is 11.1 Å². The Labute approximate surface area is 130 Å². The van der Waals surface area contributed by atoms with Crippen LogP contribution in [0, 0.1) is 0 Å². The summed E-state index contributed by atoms with van der Waals surface area (Å²) < 4.78 is 0.968. The molecule has 1 heterocycles. The van der Waals surface area contributed by atoms with Crippen molar-refractivity contribution in [2.75, 3.05) is 11.1 Å². The summed E-state index contributed by atoms with van der Waals surface area (Å²) >= 11 is 12.2. The Balaban J connectivity index is 2.28. The molecule has 0 aliphatic carbocycles. The van der Waals surface area contributed by atoms with Gasteiger partial charge in [-0.05, 0) is 50.1 Å². The highest BCUT2D eigenvalue weighted by Crippen LogP contribution is 2.22. The van der Waals surface area contributed by atoms with Crippen LogP contribution in [-0.2, 0) is 0 Å². The van der Waals surface area contributed by atoms with E-state index in [0.29, 0.717) is 25.7 Å². The summed E-state index contributed by atoms with van der Waals surface area (Å²) in [6, 6.07) is 4.68. The second-order valence-corrected chi connectivity index (χ2v) is 5.52. The quantitative estimate of drug-likeness (QED) is 0.748. The van der Waals surface area contributed by atoms with E-state index in [0.717, 1.165) is 0 Å². The van der Waals surface area contributed by atoms with Crippen LogP contribution in [0.2, 0.25) is 5.02 Å². The number of amides is 1. The summed E-state index contributed by atoms with van der Waals surface area (Å²) in [6.07, 6.45) is 1.47. The molecule has 5 nitrogen and oxygen atoms in total. The number of nitrogens with one attached hydrogen (secondary N) is 1. The lowest BCUT2D eigenvalue weighted by molar-refractivity contribution is 0.102. The van der Waals surface area contributed by atoms with Crippen molar-refractivity contribution >= 4 is 60.9 Å². The zero-order valence-electron chi connectivity index (χ0n) is 9.32. The van der Waals surface area contributed by atoms with Gasteiger partial charge in [0.15, 0.2) is 5.82 Å². The van der Waals surface area contributed by atoms with E-state index in [2.05, 4.69) is 47.1 Å². The van der Waals surface area contributed by atoms with Gasteiger partial charge in [0.1, 0.15) is 9.21 Å². The molecule has 1 aromatic carbocycles. The molecule has 1 aromatic heterocycles. The lowest BCUT2D eigenvalue weighted by Gasteiger charge is -2.08. The first-order valence-corrected chi connectivity index (χ1v) is 6.98. The monoisotopic (exact) mass is 404 g/mol. The van der Waals surface area contributed by atoms with Gasteiger partial charge in [-0.25, -0.2) is 9.97 Å². The zero-order valence-corrected chi connectivity index (χ0v) is 13.3. The van der Waals surface area contributed by atoms with Gasteiger partial charge in [0.05, 0.1) is 11.8 Å². The van der Waals surface area contributed by atoms with Crippen molar-refractivity contribution in [1.82, 2.24) is 9.97 Å². The number of carbonyl (C=O) groups excluding carboxylic acids is 1. The number of benzene rings is 1. The molecule has 19 heavy (non-hydrogen) atoms. The summed E-state index contributed by atoms with van der Waals surface area (Å²) in [4.78, 5) is 20.2. The number of aromatic nitrogens is 2. The van der Waals surface area contributed by atoms with Gasteiger partial charge in [0, 0.05) is 10.7 Å². The predicted octanol–water partition coefficient (Wildman–Crippen LogP) is 3.49. The first-order valence-electron chi connectivity index (χ1n) is 5.02. The molecule has 3 N–H and O–H groups in total. The number of rotatable bonds is 2. The number of nitrogen functional groups attached to an aromatic ring is 1. The molecule has 0 fully saturated rings. The van der Waals surface area contributed by atoms with Crippen molar-refractivity contribution in [2.24, 2.45) is 0 Å². The smallest absolute Gasteiger partial charge is 0.259 e. The molecule has 0 saturated heterocycles. The van der Waals surface area contributed by atoms with E-state index < -0.39 is 5.91 Å². The molecule has 0 atom stereocenters. The summed E-state index contributed by atoms with van der Waals surface area (Å²) in [5.74, 6) is -0.107. The fraction of sp³-hybridized carbons (Fsp3) is 0. The summed E-state index contributed by atoms with van der Waals surface area (Å²) in [5.41, 5.74) is 6.35. The van der Waals surface area contributed by atoms with Gasteiger partial charge in [-0.15, -0.1) is 0 Å². The maximum atomic E-state index is 12.1. The molecule has 98 valence electrons. The minimum Gasteiger partial charge on any atom is -0.398 e. The first-order chi connectivity index (χ1) is 8.97. The molecular weight excluding hydrogens is 399 g/mol. The highest BCUT2D eigenvalue weighted by Gasteiger charge is 2.13. The van der Waals surface area contributed by atoms with Crippen LogP contribution in [0.1, 0.15) is 10.4 Å². The number of anilines is 2. The molecule has 2 rings (SSSR count). The first kappa shape index (κ1) is 14.2. The van der Waals surface area contributed by atoms with Crippen molar-refractivity contribution in [1.29, 1.82) is 0 Å². The summed E-state index contributed by atoms with van der Waals surface area (Å²) in [5, 5.41) is 3.03. The van der Waals surface area contributed by atoms with Crippen molar-refractivity contribution < 1.29 is 4.79 Å². The Kier molecular flexibility index (Phi) is 4.38. The molecule has 0 unspecified atom stereocenters. The van der Waals surface area contributed by atoms with E-state index in [1.54, 1.807) is 12.1 Å². The maximum Gasteiger partial charge on any atom is 0.259 e. The molecule has 0 bridgehead atoms. The molecule has 2 aromatic rings. The lowest BCUT2D eigenvalue weighted by Crippen LogP contribution is -2.15. The Morgan fingerprint density at radius 3 is 2.79 bits per heavy atom. The van der Waals surface area contributed by atoms with Crippen LogP contribution >= 0.6 is 43.5 Å². The molecule has 0 aliphatic rings. The van der Waals surface area contributed by atoms with Gasteiger partial charge in [0.25, 0.3) is 5.91 Å². The van der Waals surface area contributed by atoms with Crippen LogP contribution in [0.3, 0.4) is 0 Å². The fourth-order valence-corrected chi connectivity index (χ4v) is 2.41. The minimum absolute atomic E-state index is 0.282. The second-order valence-electron chi connectivity index (χ2n) is 3.52. The third-order valence-corrected chi connectivity index (χ3v) is 3.36. The summed E-state index contributed by atoms with van der Waals surface area (Å²) in [6.45, 7) is 0. The Bertz CT molecular complexity index is 651. The summed E-state index contributed by atoms with van der Waals surface area (Å²) in [7, 11) is 0. The molecule has 0 spiro atoms. The highest BCUT2D eigenvalue weighted by molar-refractivity contribution is 9.11. The molecule has 0 radical (unpaired) electrons.